The lowest BCUT2D eigenvalue weighted by Crippen LogP contribution is -2.23. The van der Waals surface area contributed by atoms with Gasteiger partial charge in [-0.25, -0.2) is 0 Å². The van der Waals surface area contributed by atoms with Gasteiger partial charge in [0.1, 0.15) is 0 Å². The van der Waals surface area contributed by atoms with Crippen molar-refractivity contribution < 1.29 is 0 Å². The normalized spacial score (nSPS) is 23.7. The van der Waals surface area contributed by atoms with Gasteiger partial charge in [0.25, 0.3) is 0 Å². The Bertz CT molecular complexity index is 158. The summed E-state index contributed by atoms with van der Waals surface area (Å²) in [7, 11) is 0. The van der Waals surface area contributed by atoms with Crippen LogP contribution in [0.25, 0.3) is 0 Å². The molecule has 0 bridgehead atoms. The Hall–Kier alpha value is -0.300. The standard InChI is InChI=1S/C12H23N/c1-3-10(4-2)9-11-5-7-12(13)8-6-11/h9-10,12H,3-8,13H2,1-2H3. The van der Waals surface area contributed by atoms with E-state index in [0.29, 0.717) is 6.04 Å². The molecule has 0 aromatic carbocycles. The molecule has 1 fully saturated rings. The van der Waals surface area contributed by atoms with E-state index in [1.807, 2.05) is 0 Å². The van der Waals surface area contributed by atoms with E-state index < -0.39 is 0 Å². The highest BCUT2D eigenvalue weighted by Gasteiger charge is 2.13. The van der Waals surface area contributed by atoms with Crippen LogP contribution in [0, 0.1) is 5.92 Å². The summed E-state index contributed by atoms with van der Waals surface area (Å²) in [6.45, 7) is 4.56. The van der Waals surface area contributed by atoms with Crippen molar-refractivity contribution in [1.29, 1.82) is 0 Å². The molecule has 2 N–H and O–H groups in total. The number of hydrogen-bond donors (Lipinski definition) is 1. The molecule has 0 atom stereocenters. The molecule has 13 heavy (non-hydrogen) atoms. The summed E-state index contributed by atoms with van der Waals surface area (Å²) in [5.41, 5.74) is 7.53. The average molecular weight is 181 g/mol. The van der Waals surface area contributed by atoms with Gasteiger partial charge in [0.2, 0.25) is 0 Å². The van der Waals surface area contributed by atoms with Crippen LogP contribution >= 0.6 is 0 Å². The lowest BCUT2D eigenvalue weighted by molar-refractivity contribution is 0.501. The second-order valence-corrected chi connectivity index (χ2v) is 4.24. The summed E-state index contributed by atoms with van der Waals surface area (Å²) < 4.78 is 0. The lowest BCUT2D eigenvalue weighted by atomic mass is 9.88. The van der Waals surface area contributed by atoms with Crippen molar-refractivity contribution in [2.45, 2.75) is 58.4 Å². The summed E-state index contributed by atoms with van der Waals surface area (Å²) in [5, 5.41) is 0. The van der Waals surface area contributed by atoms with Crippen LogP contribution in [-0.2, 0) is 0 Å². The van der Waals surface area contributed by atoms with Gasteiger partial charge in [-0.3, -0.25) is 0 Å². The predicted octanol–water partition coefficient (Wildman–Crippen LogP) is 3.25. The van der Waals surface area contributed by atoms with Crippen LogP contribution in [0.4, 0.5) is 0 Å². The van der Waals surface area contributed by atoms with Gasteiger partial charge >= 0.3 is 0 Å². The zero-order valence-corrected chi connectivity index (χ0v) is 9.05. The Morgan fingerprint density at radius 3 is 2.31 bits per heavy atom. The first kappa shape index (κ1) is 10.8. The quantitative estimate of drug-likeness (QED) is 0.664. The third-order valence-corrected chi connectivity index (χ3v) is 3.19. The minimum absolute atomic E-state index is 0.471. The van der Waals surface area contributed by atoms with E-state index in [1.165, 1.54) is 38.5 Å². The number of hydrogen-bond acceptors (Lipinski definition) is 1. The van der Waals surface area contributed by atoms with Gasteiger partial charge in [0.05, 0.1) is 0 Å². The van der Waals surface area contributed by atoms with Crippen molar-refractivity contribution >= 4 is 0 Å². The molecule has 76 valence electrons. The summed E-state index contributed by atoms with van der Waals surface area (Å²) in [4.78, 5) is 0. The summed E-state index contributed by atoms with van der Waals surface area (Å²) >= 11 is 0. The molecule has 1 heteroatoms. The van der Waals surface area contributed by atoms with Gasteiger partial charge in [-0.15, -0.1) is 0 Å². The van der Waals surface area contributed by atoms with E-state index in [1.54, 1.807) is 5.57 Å². The van der Waals surface area contributed by atoms with Crippen LogP contribution in [-0.4, -0.2) is 6.04 Å². The highest BCUT2D eigenvalue weighted by molar-refractivity contribution is 5.07. The highest BCUT2D eigenvalue weighted by atomic mass is 14.6. The molecule has 0 unspecified atom stereocenters. The molecule has 0 radical (unpaired) electrons. The summed E-state index contributed by atoms with van der Waals surface area (Å²) in [6, 6.07) is 0.471. The van der Waals surface area contributed by atoms with Gasteiger partial charge in [0, 0.05) is 6.04 Å². The van der Waals surface area contributed by atoms with Crippen molar-refractivity contribution in [3.8, 4) is 0 Å². The summed E-state index contributed by atoms with van der Waals surface area (Å²) in [6.07, 6.45) is 9.97. The molecular formula is C12H23N. The minimum Gasteiger partial charge on any atom is -0.328 e. The van der Waals surface area contributed by atoms with Gasteiger partial charge < -0.3 is 5.73 Å². The second-order valence-electron chi connectivity index (χ2n) is 4.24. The molecule has 0 spiro atoms. The van der Waals surface area contributed by atoms with E-state index >= 15 is 0 Å². The first-order valence-corrected chi connectivity index (χ1v) is 5.71. The second kappa shape index (κ2) is 5.43. The largest absolute Gasteiger partial charge is 0.328 e. The average Bonchev–Trinajstić information content (AvgIpc) is 2.17. The Morgan fingerprint density at radius 2 is 1.85 bits per heavy atom. The maximum Gasteiger partial charge on any atom is 0.00449 e. The summed E-state index contributed by atoms with van der Waals surface area (Å²) in [5.74, 6) is 0.810. The van der Waals surface area contributed by atoms with Crippen molar-refractivity contribution in [2.24, 2.45) is 11.7 Å². The molecule has 0 amide bonds. The van der Waals surface area contributed by atoms with E-state index in [2.05, 4.69) is 19.9 Å². The van der Waals surface area contributed by atoms with Crippen molar-refractivity contribution in [1.82, 2.24) is 0 Å². The lowest BCUT2D eigenvalue weighted by Gasteiger charge is -2.21. The van der Waals surface area contributed by atoms with Crippen LogP contribution in [0.1, 0.15) is 52.4 Å². The Balaban J connectivity index is 2.42. The van der Waals surface area contributed by atoms with Crippen LogP contribution in [0.3, 0.4) is 0 Å². The molecule has 0 aliphatic heterocycles. The molecule has 1 saturated carbocycles. The minimum atomic E-state index is 0.471. The fourth-order valence-corrected chi connectivity index (χ4v) is 2.04. The number of rotatable bonds is 3. The Kier molecular flexibility index (Phi) is 4.51. The maximum atomic E-state index is 5.87. The van der Waals surface area contributed by atoms with Gasteiger partial charge in [0.15, 0.2) is 0 Å². The first-order chi connectivity index (χ1) is 6.26. The van der Waals surface area contributed by atoms with Crippen LogP contribution in [0.5, 0.6) is 0 Å². The predicted molar refractivity (Wildman–Crippen MR) is 58.6 cm³/mol. The molecule has 0 aromatic rings. The molecule has 1 aliphatic rings. The third-order valence-electron chi connectivity index (χ3n) is 3.19. The van der Waals surface area contributed by atoms with Crippen molar-refractivity contribution in [3.63, 3.8) is 0 Å². The SMILES string of the molecule is CCC(C=C1CCC(N)CC1)CC. The molecule has 0 saturated heterocycles. The van der Waals surface area contributed by atoms with Crippen LogP contribution in [0.15, 0.2) is 11.6 Å². The third kappa shape index (κ3) is 3.51. The zero-order chi connectivity index (χ0) is 9.68. The molecule has 1 aliphatic carbocycles. The first-order valence-electron chi connectivity index (χ1n) is 5.71. The van der Waals surface area contributed by atoms with Crippen LogP contribution < -0.4 is 5.73 Å². The topological polar surface area (TPSA) is 26.0 Å². The zero-order valence-electron chi connectivity index (χ0n) is 9.05. The fourth-order valence-electron chi connectivity index (χ4n) is 2.04. The van der Waals surface area contributed by atoms with E-state index in [9.17, 15) is 0 Å². The monoisotopic (exact) mass is 181 g/mol. The number of nitrogens with two attached hydrogens (primary N) is 1. The van der Waals surface area contributed by atoms with Gasteiger partial charge in [-0.1, -0.05) is 25.5 Å². The molecule has 0 aromatic heterocycles. The van der Waals surface area contributed by atoms with E-state index in [-0.39, 0.29) is 0 Å². The van der Waals surface area contributed by atoms with E-state index in [4.69, 9.17) is 5.73 Å². The molecule has 1 rings (SSSR count). The van der Waals surface area contributed by atoms with Crippen molar-refractivity contribution in [3.05, 3.63) is 11.6 Å². The smallest absolute Gasteiger partial charge is 0.00449 e. The highest BCUT2D eigenvalue weighted by Crippen LogP contribution is 2.25. The van der Waals surface area contributed by atoms with Gasteiger partial charge in [-0.05, 0) is 44.4 Å². The Morgan fingerprint density at radius 1 is 1.31 bits per heavy atom. The van der Waals surface area contributed by atoms with Gasteiger partial charge in [-0.2, -0.15) is 0 Å². The Labute approximate surface area is 82.4 Å². The molecular weight excluding hydrogens is 158 g/mol. The molecule has 1 nitrogen and oxygen atoms in total. The molecule has 0 heterocycles. The number of allylic oxidation sites excluding steroid dienone is 2. The maximum absolute atomic E-state index is 5.87. The van der Waals surface area contributed by atoms with Crippen LogP contribution in [0.2, 0.25) is 0 Å². The van der Waals surface area contributed by atoms with Crippen molar-refractivity contribution in [2.75, 3.05) is 0 Å². The fraction of sp³-hybridized carbons (Fsp3) is 0.833. The van der Waals surface area contributed by atoms with E-state index in [0.717, 1.165) is 5.92 Å².